The molecule has 0 amide bonds. The van der Waals surface area contributed by atoms with Crippen molar-refractivity contribution in [2.24, 2.45) is 11.8 Å². The van der Waals surface area contributed by atoms with Gasteiger partial charge >= 0.3 is 0 Å². The fourth-order valence-electron chi connectivity index (χ4n) is 3.75. The number of likely N-dealkylation sites (tertiary alicyclic amines) is 2. The Labute approximate surface area is 119 Å². The van der Waals surface area contributed by atoms with Crippen LogP contribution >= 0.6 is 0 Å². The van der Waals surface area contributed by atoms with Gasteiger partial charge in [-0.05, 0) is 70.6 Å². The highest BCUT2D eigenvalue weighted by molar-refractivity contribution is 4.84. The molecule has 0 bridgehead atoms. The van der Waals surface area contributed by atoms with E-state index in [9.17, 15) is 5.11 Å². The maximum atomic E-state index is 9.67. The van der Waals surface area contributed by atoms with Gasteiger partial charge in [-0.1, -0.05) is 13.8 Å². The molecule has 2 rings (SSSR count). The van der Waals surface area contributed by atoms with E-state index in [1.54, 1.807) is 0 Å². The lowest BCUT2D eigenvalue weighted by atomic mass is 9.90. The lowest BCUT2D eigenvalue weighted by Crippen LogP contribution is -2.49. The molecule has 0 unspecified atom stereocenters. The summed E-state index contributed by atoms with van der Waals surface area (Å²) in [6.45, 7) is 12.8. The molecule has 0 saturated carbocycles. The third-order valence-corrected chi connectivity index (χ3v) is 4.95. The van der Waals surface area contributed by atoms with Gasteiger partial charge in [-0.3, -0.25) is 0 Å². The zero-order chi connectivity index (χ0) is 13.8. The van der Waals surface area contributed by atoms with E-state index in [0.29, 0.717) is 5.92 Å². The Morgan fingerprint density at radius 3 is 2.00 bits per heavy atom. The SMILES string of the molecule is CC(C)CN1CCC(N2CCC([C@H](C)O)CC2)CC1. The minimum absolute atomic E-state index is 0.116. The van der Waals surface area contributed by atoms with E-state index >= 15 is 0 Å². The molecule has 0 spiro atoms. The van der Waals surface area contributed by atoms with Crippen LogP contribution in [-0.2, 0) is 0 Å². The van der Waals surface area contributed by atoms with Crippen molar-refractivity contribution >= 4 is 0 Å². The Morgan fingerprint density at radius 1 is 0.947 bits per heavy atom. The average molecular weight is 268 g/mol. The van der Waals surface area contributed by atoms with Gasteiger partial charge in [0, 0.05) is 12.6 Å². The van der Waals surface area contributed by atoms with Gasteiger partial charge in [-0.2, -0.15) is 0 Å². The van der Waals surface area contributed by atoms with Crippen molar-refractivity contribution in [1.82, 2.24) is 9.80 Å². The van der Waals surface area contributed by atoms with E-state index in [1.165, 1.54) is 58.4 Å². The molecule has 2 saturated heterocycles. The van der Waals surface area contributed by atoms with E-state index < -0.39 is 0 Å². The molecule has 2 fully saturated rings. The van der Waals surface area contributed by atoms with Gasteiger partial charge in [0.25, 0.3) is 0 Å². The van der Waals surface area contributed by atoms with Crippen molar-refractivity contribution in [3.05, 3.63) is 0 Å². The monoisotopic (exact) mass is 268 g/mol. The van der Waals surface area contributed by atoms with Crippen LogP contribution in [0.4, 0.5) is 0 Å². The van der Waals surface area contributed by atoms with Crippen LogP contribution in [0.1, 0.15) is 46.5 Å². The van der Waals surface area contributed by atoms with Crippen LogP contribution < -0.4 is 0 Å². The van der Waals surface area contributed by atoms with Gasteiger partial charge in [0.2, 0.25) is 0 Å². The molecule has 3 nitrogen and oxygen atoms in total. The number of aliphatic hydroxyl groups is 1. The molecule has 0 aromatic rings. The highest BCUT2D eigenvalue weighted by Crippen LogP contribution is 2.25. The first-order valence-corrected chi connectivity index (χ1v) is 8.20. The van der Waals surface area contributed by atoms with Gasteiger partial charge in [0.05, 0.1) is 6.10 Å². The van der Waals surface area contributed by atoms with Crippen molar-refractivity contribution in [3.63, 3.8) is 0 Å². The third kappa shape index (κ3) is 4.44. The molecule has 1 atom stereocenters. The molecule has 2 heterocycles. The Morgan fingerprint density at radius 2 is 1.53 bits per heavy atom. The quantitative estimate of drug-likeness (QED) is 0.847. The molecule has 0 aliphatic carbocycles. The Balaban J connectivity index is 1.71. The van der Waals surface area contributed by atoms with Gasteiger partial charge in [0.1, 0.15) is 0 Å². The second kappa shape index (κ2) is 7.05. The summed E-state index contributed by atoms with van der Waals surface area (Å²) in [5, 5.41) is 9.67. The van der Waals surface area contributed by atoms with Gasteiger partial charge < -0.3 is 14.9 Å². The molecular weight excluding hydrogens is 236 g/mol. The summed E-state index contributed by atoms with van der Waals surface area (Å²) < 4.78 is 0. The number of piperidine rings is 2. The molecular formula is C16H32N2O. The lowest BCUT2D eigenvalue weighted by Gasteiger charge is -2.42. The first-order chi connectivity index (χ1) is 9.06. The third-order valence-electron chi connectivity index (χ3n) is 4.95. The fraction of sp³-hybridized carbons (Fsp3) is 1.00. The number of aliphatic hydroxyl groups excluding tert-OH is 1. The van der Waals surface area contributed by atoms with E-state index in [1.807, 2.05) is 6.92 Å². The molecule has 0 aromatic carbocycles. The van der Waals surface area contributed by atoms with Crippen LogP contribution in [0.25, 0.3) is 0 Å². The average Bonchev–Trinajstić information content (AvgIpc) is 2.39. The summed E-state index contributed by atoms with van der Waals surface area (Å²) >= 11 is 0. The number of hydrogen-bond acceptors (Lipinski definition) is 3. The Hall–Kier alpha value is -0.120. The van der Waals surface area contributed by atoms with Crippen LogP contribution in [0, 0.1) is 11.8 Å². The van der Waals surface area contributed by atoms with Crippen LogP contribution in [0.5, 0.6) is 0 Å². The normalized spacial score (nSPS) is 27.0. The number of hydrogen-bond donors (Lipinski definition) is 1. The van der Waals surface area contributed by atoms with Crippen LogP contribution in [0.3, 0.4) is 0 Å². The summed E-state index contributed by atoms with van der Waals surface area (Å²) in [6, 6.07) is 0.804. The van der Waals surface area contributed by atoms with Crippen molar-refractivity contribution in [1.29, 1.82) is 0 Å². The van der Waals surface area contributed by atoms with Gasteiger partial charge in [-0.25, -0.2) is 0 Å². The minimum atomic E-state index is -0.116. The Bertz CT molecular complexity index is 251. The topological polar surface area (TPSA) is 26.7 Å². The highest BCUT2D eigenvalue weighted by atomic mass is 16.3. The largest absolute Gasteiger partial charge is 0.393 e. The van der Waals surface area contributed by atoms with Crippen LogP contribution in [-0.4, -0.2) is 59.8 Å². The zero-order valence-electron chi connectivity index (χ0n) is 13.0. The second-order valence-electron chi connectivity index (χ2n) is 7.04. The predicted octanol–water partition coefficient (Wildman–Crippen LogP) is 2.20. The molecule has 0 radical (unpaired) electrons. The van der Waals surface area contributed by atoms with Crippen LogP contribution in [0.2, 0.25) is 0 Å². The number of rotatable bonds is 4. The molecule has 2 aliphatic heterocycles. The van der Waals surface area contributed by atoms with E-state index in [4.69, 9.17) is 0 Å². The standard InChI is InChI=1S/C16H32N2O/c1-13(2)12-17-8-6-16(7-9-17)18-10-4-15(5-11-18)14(3)19/h13-16,19H,4-12H2,1-3H3/t14-/m0/s1. The smallest absolute Gasteiger partial charge is 0.0541 e. The van der Waals surface area contributed by atoms with Gasteiger partial charge in [-0.15, -0.1) is 0 Å². The van der Waals surface area contributed by atoms with Gasteiger partial charge in [0.15, 0.2) is 0 Å². The summed E-state index contributed by atoms with van der Waals surface area (Å²) in [4.78, 5) is 5.31. The summed E-state index contributed by atoms with van der Waals surface area (Å²) in [6.07, 6.45) is 4.93. The first kappa shape index (κ1) is 15.3. The van der Waals surface area contributed by atoms with Crippen LogP contribution in [0.15, 0.2) is 0 Å². The first-order valence-electron chi connectivity index (χ1n) is 8.20. The summed E-state index contributed by atoms with van der Waals surface area (Å²) in [7, 11) is 0. The lowest BCUT2D eigenvalue weighted by molar-refractivity contribution is 0.0362. The maximum absolute atomic E-state index is 9.67. The van der Waals surface area contributed by atoms with Crippen molar-refractivity contribution in [2.75, 3.05) is 32.7 Å². The molecule has 19 heavy (non-hydrogen) atoms. The van der Waals surface area contributed by atoms with Crippen molar-refractivity contribution < 1.29 is 5.11 Å². The van der Waals surface area contributed by atoms with Crippen molar-refractivity contribution in [2.45, 2.75) is 58.6 Å². The minimum Gasteiger partial charge on any atom is -0.393 e. The molecule has 2 aliphatic rings. The van der Waals surface area contributed by atoms with E-state index in [-0.39, 0.29) is 6.10 Å². The molecule has 1 N–H and O–H groups in total. The molecule has 3 heteroatoms. The summed E-state index contributed by atoms with van der Waals surface area (Å²) in [5.41, 5.74) is 0. The molecule has 112 valence electrons. The number of nitrogens with zero attached hydrogens (tertiary/aromatic N) is 2. The molecule has 0 aromatic heterocycles. The van der Waals surface area contributed by atoms with Crippen molar-refractivity contribution in [3.8, 4) is 0 Å². The predicted molar refractivity (Wildman–Crippen MR) is 80.3 cm³/mol. The second-order valence-corrected chi connectivity index (χ2v) is 7.04. The maximum Gasteiger partial charge on any atom is 0.0541 e. The zero-order valence-corrected chi connectivity index (χ0v) is 13.0. The summed E-state index contributed by atoms with van der Waals surface area (Å²) in [5.74, 6) is 1.33. The highest BCUT2D eigenvalue weighted by Gasteiger charge is 2.29. The Kier molecular flexibility index (Phi) is 5.67. The fourth-order valence-corrected chi connectivity index (χ4v) is 3.75. The van der Waals surface area contributed by atoms with E-state index in [0.717, 1.165) is 12.0 Å². The van der Waals surface area contributed by atoms with E-state index in [2.05, 4.69) is 23.6 Å².